The summed E-state index contributed by atoms with van der Waals surface area (Å²) in [6.07, 6.45) is 6.15. The molecule has 1 amide bonds. The first-order chi connectivity index (χ1) is 12.1. The zero-order valence-corrected chi connectivity index (χ0v) is 15.3. The second-order valence-electron chi connectivity index (χ2n) is 7.04. The van der Waals surface area contributed by atoms with Crippen LogP contribution in [0.4, 0.5) is 0 Å². The largest absolute Gasteiger partial charge is 0.491 e. The third kappa shape index (κ3) is 5.33. The highest BCUT2D eigenvalue weighted by atomic mass is 35.5. The first kappa shape index (κ1) is 18.5. The van der Waals surface area contributed by atoms with Crippen LogP contribution < -0.4 is 15.8 Å². The van der Waals surface area contributed by atoms with Gasteiger partial charge in [0.15, 0.2) is 0 Å². The second-order valence-corrected chi connectivity index (χ2v) is 7.48. The number of nitrogens with two attached hydrogens (primary N) is 1. The number of hydrogen-bond acceptors (Lipinski definition) is 4. The molecule has 0 radical (unpaired) electrons. The standard InChI is InChI=1S/C19H27ClN2O3/c20-15-6-7-18(25-12-17-5-2-8-24-17)14(9-15)11-22-16-4-1-3-13(10-16)19(21)23/h6-7,9,13,16-17,22H,1-5,8,10-12H2,(H2,21,23)/t13-,16-,17+/m1/s1. The van der Waals surface area contributed by atoms with Crippen molar-refractivity contribution in [3.63, 3.8) is 0 Å². The van der Waals surface area contributed by atoms with Crippen LogP contribution in [-0.2, 0) is 16.1 Å². The Balaban J connectivity index is 1.56. The van der Waals surface area contributed by atoms with Crippen molar-refractivity contribution in [2.75, 3.05) is 13.2 Å². The molecule has 138 valence electrons. The van der Waals surface area contributed by atoms with Crippen molar-refractivity contribution in [2.45, 2.75) is 57.2 Å². The van der Waals surface area contributed by atoms with E-state index in [1.807, 2.05) is 18.2 Å². The molecular formula is C19H27ClN2O3. The lowest BCUT2D eigenvalue weighted by Gasteiger charge is -2.28. The molecule has 6 heteroatoms. The number of benzene rings is 1. The van der Waals surface area contributed by atoms with E-state index in [-0.39, 0.29) is 17.9 Å². The lowest BCUT2D eigenvalue weighted by Crippen LogP contribution is -2.38. The number of nitrogens with one attached hydrogen (secondary N) is 1. The molecule has 0 unspecified atom stereocenters. The van der Waals surface area contributed by atoms with Gasteiger partial charge in [-0.1, -0.05) is 18.0 Å². The minimum atomic E-state index is -0.185. The van der Waals surface area contributed by atoms with Crippen LogP contribution in [0, 0.1) is 5.92 Å². The number of hydrogen-bond donors (Lipinski definition) is 2. The number of amides is 1. The molecule has 25 heavy (non-hydrogen) atoms. The minimum absolute atomic E-state index is 0.0131. The molecule has 1 aromatic rings. The Bertz CT molecular complexity index is 590. The highest BCUT2D eigenvalue weighted by Gasteiger charge is 2.25. The summed E-state index contributed by atoms with van der Waals surface area (Å²) in [5, 5.41) is 4.24. The molecule has 1 aromatic carbocycles. The fraction of sp³-hybridized carbons (Fsp3) is 0.632. The molecule has 3 rings (SSSR count). The maximum Gasteiger partial charge on any atom is 0.220 e. The molecule has 1 aliphatic heterocycles. The van der Waals surface area contributed by atoms with Crippen LogP contribution >= 0.6 is 11.6 Å². The van der Waals surface area contributed by atoms with E-state index in [1.54, 1.807) is 0 Å². The van der Waals surface area contributed by atoms with Gasteiger partial charge < -0.3 is 20.5 Å². The molecule has 1 saturated carbocycles. The third-order valence-corrected chi connectivity index (χ3v) is 5.36. The summed E-state index contributed by atoms with van der Waals surface area (Å²) >= 11 is 6.16. The summed E-state index contributed by atoms with van der Waals surface area (Å²) in [7, 11) is 0. The lowest BCUT2D eigenvalue weighted by atomic mass is 9.85. The van der Waals surface area contributed by atoms with E-state index in [1.165, 1.54) is 0 Å². The van der Waals surface area contributed by atoms with E-state index < -0.39 is 0 Å². The van der Waals surface area contributed by atoms with Crippen molar-refractivity contribution in [1.82, 2.24) is 5.32 Å². The fourth-order valence-corrected chi connectivity index (χ4v) is 3.87. The molecule has 2 fully saturated rings. The smallest absolute Gasteiger partial charge is 0.220 e. The Morgan fingerprint density at radius 2 is 2.20 bits per heavy atom. The number of primary amides is 1. The zero-order chi connectivity index (χ0) is 17.6. The number of carbonyl (C=O) groups is 1. The minimum Gasteiger partial charge on any atom is -0.491 e. The van der Waals surface area contributed by atoms with E-state index in [2.05, 4.69) is 5.32 Å². The van der Waals surface area contributed by atoms with E-state index in [9.17, 15) is 4.79 Å². The van der Waals surface area contributed by atoms with Gasteiger partial charge in [-0.05, 0) is 50.3 Å². The van der Waals surface area contributed by atoms with Crippen molar-refractivity contribution < 1.29 is 14.3 Å². The maximum absolute atomic E-state index is 11.4. The molecular weight excluding hydrogens is 340 g/mol. The van der Waals surface area contributed by atoms with E-state index in [0.717, 1.165) is 56.4 Å². The van der Waals surface area contributed by atoms with Crippen molar-refractivity contribution in [3.05, 3.63) is 28.8 Å². The molecule has 1 aliphatic carbocycles. The first-order valence-corrected chi connectivity index (χ1v) is 9.55. The molecule has 3 N–H and O–H groups in total. The van der Waals surface area contributed by atoms with E-state index >= 15 is 0 Å². The van der Waals surface area contributed by atoms with Crippen LogP contribution in [0.5, 0.6) is 5.75 Å². The second kappa shape index (κ2) is 8.88. The topological polar surface area (TPSA) is 73.6 Å². The van der Waals surface area contributed by atoms with E-state index in [4.69, 9.17) is 26.8 Å². The van der Waals surface area contributed by atoms with Gasteiger partial charge in [-0.3, -0.25) is 4.79 Å². The molecule has 1 saturated heterocycles. The maximum atomic E-state index is 11.4. The van der Waals surface area contributed by atoms with Gasteiger partial charge in [0.25, 0.3) is 0 Å². The van der Waals surface area contributed by atoms with Gasteiger partial charge in [0.2, 0.25) is 5.91 Å². The van der Waals surface area contributed by atoms with Crippen LogP contribution in [0.3, 0.4) is 0 Å². The van der Waals surface area contributed by atoms with E-state index in [0.29, 0.717) is 24.2 Å². The quantitative estimate of drug-likeness (QED) is 0.777. The van der Waals surface area contributed by atoms with Crippen molar-refractivity contribution in [3.8, 4) is 5.75 Å². The predicted molar refractivity (Wildman–Crippen MR) is 97.7 cm³/mol. The fourth-order valence-electron chi connectivity index (χ4n) is 3.67. The molecule has 0 spiro atoms. The van der Waals surface area contributed by atoms with Gasteiger partial charge in [0.05, 0.1) is 6.10 Å². The molecule has 5 nitrogen and oxygen atoms in total. The van der Waals surface area contributed by atoms with Crippen LogP contribution in [0.15, 0.2) is 18.2 Å². The van der Waals surface area contributed by atoms with Crippen LogP contribution in [0.2, 0.25) is 5.02 Å². The van der Waals surface area contributed by atoms with Crippen LogP contribution in [0.1, 0.15) is 44.1 Å². The summed E-state index contributed by atoms with van der Waals surface area (Å²) < 4.78 is 11.6. The molecule has 1 heterocycles. The zero-order valence-electron chi connectivity index (χ0n) is 14.5. The lowest BCUT2D eigenvalue weighted by molar-refractivity contribution is -0.122. The Morgan fingerprint density at radius 3 is 2.96 bits per heavy atom. The van der Waals surface area contributed by atoms with Gasteiger partial charge in [-0.15, -0.1) is 0 Å². The molecule has 3 atom stereocenters. The summed E-state index contributed by atoms with van der Waals surface area (Å²) in [6, 6.07) is 6.01. The van der Waals surface area contributed by atoms with Gasteiger partial charge >= 0.3 is 0 Å². The van der Waals surface area contributed by atoms with Gasteiger partial charge in [0, 0.05) is 35.7 Å². The van der Waals surface area contributed by atoms with Crippen molar-refractivity contribution in [2.24, 2.45) is 11.7 Å². The Morgan fingerprint density at radius 1 is 1.32 bits per heavy atom. The van der Waals surface area contributed by atoms with Gasteiger partial charge in [-0.25, -0.2) is 0 Å². The predicted octanol–water partition coefficient (Wildman–Crippen LogP) is 3.03. The molecule has 0 aromatic heterocycles. The number of rotatable bonds is 7. The summed E-state index contributed by atoms with van der Waals surface area (Å²) in [4.78, 5) is 11.4. The summed E-state index contributed by atoms with van der Waals surface area (Å²) in [5.74, 6) is 0.644. The Hall–Kier alpha value is -1.30. The SMILES string of the molecule is NC(=O)[C@@H]1CCC[C@@H](NCc2cc(Cl)ccc2OC[C@@H]2CCCO2)C1. The van der Waals surface area contributed by atoms with Crippen molar-refractivity contribution >= 4 is 17.5 Å². The number of ether oxygens (including phenoxy) is 2. The highest BCUT2D eigenvalue weighted by molar-refractivity contribution is 6.30. The summed E-state index contributed by atoms with van der Waals surface area (Å²) in [5.41, 5.74) is 6.50. The number of halogens is 1. The van der Waals surface area contributed by atoms with Gasteiger partial charge in [0.1, 0.15) is 12.4 Å². The highest BCUT2D eigenvalue weighted by Crippen LogP contribution is 2.27. The van der Waals surface area contributed by atoms with Crippen molar-refractivity contribution in [1.29, 1.82) is 0 Å². The van der Waals surface area contributed by atoms with Gasteiger partial charge in [-0.2, -0.15) is 0 Å². The first-order valence-electron chi connectivity index (χ1n) is 9.17. The third-order valence-electron chi connectivity index (χ3n) is 5.13. The summed E-state index contributed by atoms with van der Waals surface area (Å²) in [6.45, 7) is 2.06. The Kier molecular flexibility index (Phi) is 6.57. The molecule has 2 aliphatic rings. The normalized spacial score (nSPS) is 26.5. The Labute approximate surface area is 154 Å². The average molecular weight is 367 g/mol. The molecule has 0 bridgehead atoms. The van der Waals surface area contributed by atoms with Crippen LogP contribution in [0.25, 0.3) is 0 Å². The number of carbonyl (C=O) groups excluding carboxylic acids is 1. The average Bonchev–Trinajstić information content (AvgIpc) is 3.13. The monoisotopic (exact) mass is 366 g/mol. The van der Waals surface area contributed by atoms with Crippen LogP contribution in [-0.4, -0.2) is 31.3 Å².